The second-order valence-corrected chi connectivity index (χ2v) is 6.05. The highest BCUT2D eigenvalue weighted by molar-refractivity contribution is 6.00. The molecule has 0 bridgehead atoms. The molecule has 2 aromatic rings. The molecule has 2 amide bonds. The number of fused-ring (bicyclic) bond motifs is 1. The summed E-state index contributed by atoms with van der Waals surface area (Å²) in [5.41, 5.74) is 1.34. The predicted octanol–water partition coefficient (Wildman–Crippen LogP) is 0.534. The maximum Gasteiger partial charge on any atom is 0.329 e. The Hall–Kier alpha value is -3.34. The number of hydrogen-bond acceptors (Lipinski definition) is 4. The number of benzene rings is 1. The smallest absolute Gasteiger partial charge is 0.329 e. The van der Waals surface area contributed by atoms with Crippen molar-refractivity contribution in [3.8, 4) is 11.8 Å². The molecule has 1 aliphatic rings. The first-order chi connectivity index (χ1) is 12.4. The fourth-order valence-corrected chi connectivity index (χ4v) is 3.10. The van der Waals surface area contributed by atoms with Crippen LogP contribution in [-0.2, 0) is 21.4 Å². The van der Waals surface area contributed by atoms with E-state index in [4.69, 9.17) is 5.11 Å². The van der Waals surface area contributed by atoms with E-state index in [1.165, 1.54) is 9.13 Å². The van der Waals surface area contributed by atoms with E-state index in [1.807, 2.05) is 0 Å². The van der Waals surface area contributed by atoms with E-state index >= 15 is 0 Å². The van der Waals surface area contributed by atoms with Gasteiger partial charge in [-0.3, -0.25) is 28.8 Å². The molecule has 1 fully saturated rings. The zero-order valence-electron chi connectivity index (χ0n) is 14.1. The number of imidazole rings is 1. The van der Waals surface area contributed by atoms with Gasteiger partial charge in [-0.2, -0.15) is 0 Å². The lowest BCUT2D eigenvalue weighted by Gasteiger charge is -2.21. The number of carboxylic acid groups (broad SMARTS) is 1. The normalized spacial score (nSPS) is 16.9. The molecular formula is C18H17N3O5. The molecule has 1 aromatic carbocycles. The van der Waals surface area contributed by atoms with Crippen LogP contribution in [0, 0.1) is 11.8 Å². The highest BCUT2D eigenvalue weighted by Crippen LogP contribution is 2.24. The lowest BCUT2D eigenvalue weighted by molar-refractivity contribution is -0.137. The van der Waals surface area contributed by atoms with Crippen molar-refractivity contribution in [2.45, 2.75) is 31.7 Å². The summed E-state index contributed by atoms with van der Waals surface area (Å²) < 4.78 is 2.81. The highest BCUT2D eigenvalue weighted by atomic mass is 16.4. The molecule has 8 heteroatoms. The zero-order valence-corrected chi connectivity index (χ0v) is 14.1. The van der Waals surface area contributed by atoms with Crippen LogP contribution >= 0.6 is 0 Å². The SMILES string of the molecule is Cn1c(=O)n(C2CCC(=O)NC2=O)c2cccc(C#CCCC(=O)O)c21. The molecule has 0 spiro atoms. The second kappa shape index (κ2) is 6.88. The van der Waals surface area contributed by atoms with Crippen LogP contribution < -0.4 is 11.0 Å². The van der Waals surface area contributed by atoms with Crippen LogP contribution in [0.3, 0.4) is 0 Å². The Labute approximate surface area is 148 Å². The number of nitrogens with zero attached hydrogens (tertiary/aromatic N) is 2. The maximum absolute atomic E-state index is 12.7. The third-order valence-electron chi connectivity index (χ3n) is 4.31. The summed E-state index contributed by atoms with van der Waals surface area (Å²) in [5, 5.41) is 10.9. The minimum Gasteiger partial charge on any atom is -0.481 e. The average molecular weight is 355 g/mol. The second-order valence-electron chi connectivity index (χ2n) is 6.05. The standard InChI is InChI=1S/C18H17N3O5/c1-20-16-11(5-2-3-8-15(23)24)6-4-7-12(16)21(18(20)26)13-9-10-14(22)19-17(13)25/h4,6-7,13H,3,8-10H2,1H3,(H,23,24)(H,19,22,25). The molecule has 8 nitrogen and oxygen atoms in total. The number of aromatic nitrogens is 2. The van der Waals surface area contributed by atoms with Crippen molar-refractivity contribution in [3.63, 3.8) is 0 Å². The van der Waals surface area contributed by atoms with Gasteiger partial charge in [-0.1, -0.05) is 17.9 Å². The number of aliphatic carboxylic acids is 1. The van der Waals surface area contributed by atoms with Crippen LogP contribution in [0.5, 0.6) is 0 Å². The average Bonchev–Trinajstić information content (AvgIpc) is 2.84. The van der Waals surface area contributed by atoms with Gasteiger partial charge in [0.05, 0.1) is 23.0 Å². The van der Waals surface area contributed by atoms with Gasteiger partial charge < -0.3 is 5.11 Å². The Morgan fingerprint density at radius 3 is 2.81 bits per heavy atom. The molecule has 1 atom stereocenters. The first-order valence-corrected chi connectivity index (χ1v) is 8.14. The van der Waals surface area contributed by atoms with Crippen molar-refractivity contribution >= 4 is 28.8 Å². The molecule has 1 aliphatic heterocycles. The Balaban J connectivity index is 2.07. The molecule has 0 aliphatic carbocycles. The van der Waals surface area contributed by atoms with E-state index in [-0.39, 0.29) is 37.3 Å². The van der Waals surface area contributed by atoms with Crippen molar-refractivity contribution in [1.82, 2.24) is 14.5 Å². The lowest BCUT2D eigenvalue weighted by Crippen LogP contribution is -2.44. The molecule has 1 aromatic heterocycles. The number of aryl methyl sites for hydroxylation is 1. The molecule has 3 rings (SSSR count). The summed E-state index contributed by atoms with van der Waals surface area (Å²) in [7, 11) is 1.59. The van der Waals surface area contributed by atoms with Crippen LogP contribution in [0.1, 0.15) is 37.3 Å². The van der Waals surface area contributed by atoms with Crippen LogP contribution in [0.2, 0.25) is 0 Å². The summed E-state index contributed by atoms with van der Waals surface area (Å²) in [4.78, 5) is 46.9. The van der Waals surface area contributed by atoms with Crippen molar-refractivity contribution in [1.29, 1.82) is 0 Å². The van der Waals surface area contributed by atoms with Gasteiger partial charge in [-0.05, 0) is 18.6 Å². The Morgan fingerprint density at radius 2 is 2.12 bits per heavy atom. The van der Waals surface area contributed by atoms with Gasteiger partial charge in [-0.15, -0.1) is 0 Å². The maximum atomic E-state index is 12.7. The number of amides is 2. The number of piperidine rings is 1. The minimum atomic E-state index is -0.922. The van der Waals surface area contributed by atoms with Crippen LogP contribution in [0.15, 0.2) is 23.0 Å². The molecule has 0 saturated carbocycles. The number of carbonyl (C=O) groups excluding carboxylic acids is 2. The van der Waals surface area contributed by atoms with E-state index in [0.29, 0.717) is 16.6 Å². The van der Waals surface area contributed by atoms with Gasteiger partial charge in [0.1, 0.15) is 6.04 Å². The largest absolute Gasteiger partial charge is 0.481 e. The van der Waals surface area contributed by atoms with Gasteiger partial charge in [0.2, 0.25) is 11.8 Å². The number of carbonyl (C=O) groups is 3. The van der Waals surface area contributed by atoms with Crippen molar-refractivity contribution in [2.24, 2.45) is 7.05 Å². The summed E-state index contributed by atoms with van der Waals surface area (Å²) in [5.74, 6) is 3.94. The molecular weight excluding hydrogens is 338 g/mol. The first kappa shape index (κ1) is 17.5. The fourth-order valence-electron chi connectivity index (χ4n) is 3.10. The quantitative estimate of drug-likeness (QED) is 0.616. The molecule has 2 heterocycles. The Kier molecular flexibility index (Phi) is 4.63. The molecule has 1 saturated heterocycles. The summed E-state index contributed by atoms with van der Waals surface area (Å²) in [6, 6.07) is 4.44. The molecule has 1 unspecified atom stereocenters. The third-order valence-corrected chi connectivity index (χ3v) is 4.31. The fraction of sp³-hybridized carbons (Fsp3) is 0.333. The number of imide groups is 1. The predicted molar refractivity (Wildman–Crippen MR) is 92.3 cm³/mol. The van der Waals surface area contributed by atoms with E-state index in [0.717, 1.165) is 0 Å². The number of rotatable bonds is 3. The van der Waals surface area contributed by atoms with Crippen molar-refractivity contribution in [2.75, 3.05) is 0 Å². The Morgan fingerprint density at radius 1 is 1.35 bits per heavy atom. The van der Waals surface area contributed by atoms with Gasteiger partial charge in [0.15, 0.2) is 0 Å². The van der Waals surface area contributed by atoms with Gasteiger partial charge in [-0.25, -0.2) is 4.79 Å². The third kappa shape index (κ3) is 3.11. The van der Waals surface area contributed by atoms with E-state index in [2.05, 4.69) is 17.2 Å². The van der Waals surface area contributed by atoms with Gasteiger partial charge in [0.25, 0.3) is 0 Å². The summed E-state index contributed by atoms with van der Waals surface area (Å²) in [6.45, 7) is 0. The summed E-state index contributed by atoms with van der Waals surface area (Å²) in [6.07, 6.45) is 0.582. The lowest BCUT2D eigenvalue weighted by atomic mass is 10.1. The van der Waals surface area contributed by atoms with E-state index in [9.17, 15) is 19.2 Å². The number of hydrogen-bond donors (Lipinski definition) is 2. The molecule has 0 radical (unpaired) electrons. The van der Waals surface area contributed by atoms with Gasteiger partial charge in [0, 0.05) is 19.9 Å². The van der Waals surface area contributed by atoms with Crippen LogP contribution in [0.25, 0.3) is 11.0 Å². The topological polar surface area (TPSA) is 110 Å². The first-order valence-electron chi connectivity index (χ1n) is 8.14. The highest BCUT2D eigenvalue weighted by Gasteiger charge is 2.31. The summed E-state index contributed by atoms with van der Waals surface area (Å²) >= 11 is 0. The molecule has 2 N–H and O–H groups in total. The van der Waals surface area contributed by atoms with E-state index in [1.54, 1.807) is 25.2 Å². The Bertz CT molecular complexity index is 1030. The number of nitrogens with one attached hydrogen (secondary N) is 1. The van der Waals surface area contributed by atoms with E-state index < -0.39 is 17.9 Å². The zero-order chi connectivity index (χ0) is 18.8. The number of carboxylic acids is 1. The minimum absolute atomic E-state index is 0.0564. The number of para-hydroxylation sites is 1. The van der Waals surface area contributed by atoms with Gasteiger partial charge >= 0.3 is 11.7 Å². The van der Waals surface area contributed by atoms with Crippen molar-refractivity contribution < 1.29 is 19.5 Å². The van der Waals surface area contributed by atoms with Crippen LogP contribution in [-0.4, -0.2) is 32.0 Å². The van der Waals surface area contributed by atoms with Crippen molar-refractivity contribution in [3.05, 3.63) is 34.2 Å². The molecule has 134 valence electrons. The monoisotopic (exact) mass is 355 g/mol. The molecule has 26 heavy (non-hydrogen) atoms. The van der Waals surface area contributed by atoms with Crippen LogP contribution in [0.4, 0.5) is 0 Å².